The van der Waals surface area contributed by atoms with Crippen molar-refractivity contribution in [3.63, 3.8) is 0 Å². The highest BCUT2D eigenvalue weighted by Crippen LogP contribution is 2.30. The molecule has 2 saturated heterocycles. The van der Waals surface area contributed by atoms with Crippen LogP contribution < -0.4 is 5.32 Å². The molecular formula is C71H121NO13. The van der Waals surface area contributed by atoms with Crippen molar-refractivity contribution in [2.45, 2.75) is 312 Å². The van der Waals surface area contributed by atoms with Crippen LogP contribution in [0.25, 0.3) is 0 Å². The maximum Gasteiger partial charge on any atom is 0.220 e. The van der Waals surface area contributed by atoms with Gasteiger partial charge in [0.2, 0.25) is 5.91 Å². The normalized spacial score (nSPS) is 24.3. The first kappa shape index (κ1) is 77.7. The minimum Gasteiger partial charge on any atom is -0.394 e. The third-order valence-electron chi connectivity index (χ3n) is 15.7. The molecule has 14 heteroatoms. The predicted octanol–water partition coefficient (Wildman–Crippen LogP) is 13.2. The Kier molecular flexibility index (Phi) is 50.1. The number of aliphatic hydroxyl groups excluding tert-OH is 8. The second-order valence-corrected chi connectivity index (χ2v) is 23.2. The predicted molar refractivity (Wildman–Crippen MR) is 345 cm³/mol. The second kappa shape index (κ2) is 54.8. The first-order chi connectivity index (χ1) is 41.6. The van der Waals surface area contributed by atoms with Gasteiger partial charge in [0.25, 0.3) is 0 Å². The van der Waals surface area contributed by atoms with Gasteiger partial charge in [-0.05, 0) is 89.9 Å². The highest BCUT2D eigenvalue weighted by atomic mass is 16.7. The average Bonchev–Trinajstić information content (AvgIpc) is 3.65. The summed E-state index contributed by atoms with van der Waals surface area (Å²) < 4.78 is 22.8. The number of ether oxygens (including phenoxy) is 4. The van der Waals surface area contributed by atoms with Crippen LogP contribution in [0.1, 0.15) is 239 Å². The summed E-state index contributed by atoms with van der Waals surface area (Å²) in [6.07, 6.45) is 61.5. The van der Waals surface area contributed by atoms with Crippen LogP contribution in [0.5, 0.6) is 0 Å². The van der Waals surface area contributed by atoms with E-state index in [9.17, 15) is 45.6 Å². The summed E-state index contributed by atoms with van der Waals surface area (Å²) in [6, 6.07) is -0.937. The fraction of sp³-hybridized carbons (Fsp3) is 0.732. The minimum absolute atomic E-state index is 0.253. The fourth-order valence-electron chi connectivity index (χ4n) is 10.3. The second-order valence-electron chi connectivity index (χ2n) is 23.2. The van der Waals surface area contributed by atoms with Crippen LogP contribution >= 0.6 is 0 Å². The molecule has 0 aliphatic carbocycles. The number of hydrogen-bond donors (Lipinski definition) is 9. The first-order valence-electron chi connectivity index (χ1n) is 33.6. The molecule has 12 unspecified atom stereocenters. The number of nitrogens with one attached hydrogen (secondary N) is 1. The lowest BCUT2D eigenvalue weighted by Gasteiger charge is -2.46. The van der Waals surface area contributed by atoms with Gasteiger partial charge in [-0.2, -0.15) is 0 Å². The van der Waals surface area contributed by atoms with E-state index in [-0.39, 0.29) is 18.9 Å². The molecule has 0 spiro atoms. The number of carbonyl (C=O) groups excluding carboxylic acids is 1. The zero-order valence-electron chi connectivity index (χ0n) is 52.8. The van der Waals surface area contributed by atoms with Gasteiger partial charge >= 0.3 is 0 Å². The van der Waals surface area contributed by atoms with E-state index in [1.807, 2.05) is 6.08 Å². The van der Waals surface area contributed by atoms with Crippen molar-refractivity contribution in [3.8, 4) is 0 Å². The molecule has 14 nitrogen and oxygen atoms in total. The SMILES string of the molecule is CC/C=C\C/C=C\C/C=C\C/C=C\C/C=C\C/C=C\C/C=C\CCCCCCCCCCCCCCCCCC(=O)NC(COC1OC(CO)C(OC2OC(CO)C(O)C(O)C2O)C(O)C1O)C(O)/C=C/CC/C=C/CCCCCCCCCC. The van der Waals surface area contributed by atoms with Crippen molar-refractivity contribution in [1.82, 2.24) is 5.32 Å². The summed E-state index contributed by atoms with van der Waals surface area (Å²) in [7, 11) is 0. The molecule has 9 N–H and O–H groups in total. The number of unbranched alkanes of at least 4 members (excludes halogenated alkanes) is 24. The van der Waals surface area contributed by atoms with Crippen LogP contribution in [0.2, 0.25) is 0 Å². The Hall–Kier alpha value is -3.35. The standard InChI is InChI=1S/C71H121NO13/c1-3-5-7-9-11-13-15-17-19-20-21-22-23-24-25-26-27-28-29-30-31-32-33-34-35-36-37-38-39-40-41-43-45-47-49-51-53-55-63(76)72-59(60(75)54-52-50-48-46-44-42-18-16-14-12-10-8-6-4-2)58-82-70-68(81)66(79)69(62(57-74)84-70)85-71-67(80)65(78)64(77)61(56-73)83-71/h5,7,11,13,17,19,21-22,24-25,27-28,30-31,44,46,52,54,59-62,64-71,73-75,77-81H,3-4,6,8-10,12,14-16,18,20,23,26,29,32-43,45,47-51,53,55-58H2,1-2H3,(H,72,76)/b7-5-,13-11-,19-17-,22-21-,25-24-,28-27-,31-30-,46-44+,54-52+. The molecular weight excluding hydrogens is 1070 g/mol. The molecule has 12 atom stereocenters. The molecule has 2 heterocycles. The minimum atomic E-state index is -1.79. The van der Waals surface area contributed by atoms with Gasteiger partial charge < -0.3 is 65.1 Å². The molecule has 2 aliphatic rings. The summed E-state index contributed by atoms with van der Waals surface area (Å²) in [5.74, 6) is -0.253. The number of allylic oxidation sites excluding steroid dienone is 17. The molecule has 2 rings (SSSR count). The van der Waals surface area contributed by atoms with Crippen molar-refractivity contribution in [3.05, 3.63) is 109 Å². The van der Waals surface area contributed by atoms with E-state index in [0.29, 0.717) is 12.8 Å². The molecule has 0 aromatic rings. The van der Waals surface area contributed by atoms with Crippen LogP contribution in [-0.4, -0.2) is 140 Å². The number of aliphatic hydroxyl groups is 8. The van der Waals surface area contributed by atoms with E-state index >= 15 is 0 Å². The Morgan fingerprint density at radius 3 is 1.29 bits per heavy atom. The van der Waals surface area contributed by atoms with Crippen molar-refractivity contribution in [2.75, 3.05) is 19.8 Å². The molecule has 85 heavy (non-hydrogen) atoms. The lowest BCUT2D eigenvalue weighted by molar-refractivity contribution is -0.359. The molecule has 488 valence electrons. The van der Waals surface area contributed by atoms with E-state index in [1.165, 1.54) is 128 Å². The number of hydrogen-bond acceptors (Lipinski definition) is 13. The topological polar surface area (TPSA) is 228 Å². The van der Waals surface area contributed by atoms with Gasteiger partial charge in [0.05, 0.1) is 32.0 Å². The van der Waals surface area contributed by atoms with E-state index in [2.05, 4.69) is 116 Å². The quantitative estimate of drug-likeness (QED) is 0.0204. The van der Waals surface area contributed by atoms with Gasteiger partial charge in [0.1, 0.15) is 48.8 Å². The van der Waals surface area contributed by atoms with E-state index in [4.69, 9.17) is 18.9 Å². The molecule has 1 amide bonds. The Balaban J connectivity index is 1.62. The lowest BCUT2D eigenvalue weighted by Crippen LogP contribution is -2.65. The van der Waals surface area contributed by atoms with Gasteiger partial charge in [0, 0.05) is 6.42 Å². The van der Waals surface area contributed by atoms with E-state index in [1.54, 1.807) is 6.08 Å². The summed E-state index contributed by atoms with van der Waals surface area (Å²) in [5.41, 5.74) is 0. The Morgan fingerprint density at radius 2 is 0.824 bits per heavy atom. The molecule has 0 aromatic carbocycles. The van der Waals surface area contributed by atoms with Crippen molar-refractivity contribution < 1.29 is 64.6 Å². The Morgan fingerprint density at radius 1 is 0.435 bits per heavy atom. The molecule has 0 bridgehead atoms. The van der Waals surface area contributed by atoms with Gasteiger partial charge in [-0.1, -0.05) is 252 Å². The molecule has 0 saturated carbocycles. The van der Waals surface area contributed by atoms with Gasteiger partial charge in [-0.3, -0.25) is 4.79 Å². The van der Waals surface area contributed by atoms with E-state index < -0.39 is 86.8 Å². The first-order valence-corrected chi connectivity index (χ1v) is 33.6. The summed E-state index contributed by atoms with van der Waals surface area (Å²) in [6.45, 7) is 2.65. The highest BCUT2D eigenvalue weighted by Gasteiger charge is 2.51. The molecule has 0 radical (unpaired) electrons. The number of carbonyl (C=O) groups is 1. The Bertz CT molecular complexity index is 1840. The number of amides is 1. The third kappa shape index (κ3) is 39.3. The summed E-state index contributed by atoms with van der Waals surface area (Å²) in [5, 5.41) is 87.2. The summed E-state index contributed by atoms with van der Waals surface area (Å²) in [4.78, 5) is 13.3. The largest absolute Gasteiger partial charge is 0.394 e. The van der Waals surface area contributed by atoms with Crippen LogP contribution in [0, 0.1) is 0 Å². The zero-order valence-corrected chi connectivity index (χ0v) is 52.8. The van der Waals surface area contributed by atoms with E-state index in [0.717, 1.165) is 77.0 Å². The van der Waals surface area contributed by atoms with Crippen LogP contribution in [-0.2, 0) is 23.7 Å². The summed E-state index contributed by atoms with van der Waals surface area (Å²) >= 11 is 0. The van der Waals surface area contributed by atoms with Crippen LogP contribution in [0.4, 0.5) is 0 Å². The van der Waals surface area contributed by atoms with Gasteiger partial charge in [0.15, 0.2) is 12.6 Å². The highest BCUT2D eigenvalue weighted by molar-refractivity contribution is 5.76. The molecule has 2 fully saturated rings. The van der Waals surface area contributed by atoms with Gasteiger partial charge in [-0.15, -0.1) is 0 Å². The van der Waals surface area contributed by atoms with Crippen LogP contribution in [0.3, 0.4) is 0 Å². The lowest BCUT2D eigenvalue weighted by atomic mass is 9.97. The van der Waals surface area contributed by atoms with Crippen molar-refractivity contribution >= 4 is 5.91 Å². The van der Waals surface area contributed by atoms with Crippen molar-refractivity contribution in [2.24, 2.45) is 0 Å². The maximum atomic E-state index is 13.3. The monoisotopic (exact) mass is 1200 g/mol. The van der Waals surface area contributed by atoms with Gasteiger partial charge in [-0.25, -0.2) is 0 Å². The fourth-order valence-corrected chi connectivity index (χ4v) is 10.3. The Labute approximate surface area is 515 Å². The number of rotatable bonds is 53. The van der Waals surface area contributed by atoms with Crippen LogP contribution in [0.15, 0.2) is 109 Å². The van der Waals surface area contributed by atoms with Crippen molar-refractivity contribution in [1.29, 1.82) is 0 Å². The molecule has 0 aromatic heterocycles. The zero-order chi connectivity index (χ0) is 61.6. The molecule has 2 aliphatic heterocycles. The average molecular weight is 1200 g/mol. The third-order valence-corrected chi connectivity index (χ3v) is 15.7. The maximum absolute atomic E-state index is 13.3. The smallest absolute Gasteiger partial charge is 0.220 e.